The molecule has 0 aliphatic heterocycles. The number of hydrogen-bond acceptors (Lipinski definition) is 3. The van der Waals surface area contributed by atoms with E-state index in [1.807, 2.05) is 6.07 Å². The number of hydrogen-bond donors (Lipinski definition) is 0. The molecule has 1 aromatic carbocycles. The molecule has 0 N–H and O–H groups in total. The van der Waals surface area contributed by atoms with Crippen LogP contribution >= 0.6 is 0 Å². The van der Waals surface area contributed by atoms with Gasteiger partial charge >= 0.3 is 0 Å². The summed E-state index contributed by atoms with van der Waals surface area (Å²) in [5, 5.41) is 0. The smallest absolute Gasteiger partial charge is 0.178 e. The maximum Gasteiger partial charge on any atom is 0.178 e. The molecule has 0 unspecified atom stereocenters. The molecule has 1 aliphatic rings. The third kappa shape index (κ3) is 2.78. The zero-order valence-corrected chi connectivity index (χ0v) is 14.6. The second-order valence-electron chi connectivity index (χ2n) is 7.29. The lowest BCUT2D eigenvalue weighted by Crippen LogP contribution is -2.19. The fourth-order valence-electron chi connectivity index (χ4n) is 2.79. The number of aromatic nitrogens is 2. The van der Waals surface area contributed by atoms with Crippen molar-refractivity contribution < 1.29 is 8.42 Å². The number of rotatable bonds is 4. The molecule has 1 aliphatic carbocycles. The lowest BCUT2D eigenvalue weighted by atomic mass is 9.95. The molecule has 1 saturated carbocycles. The van der Waals surface area contributed by atoms with Crippen LogP contribution < -0.4 is 0 Å². The second-order valence-corrected chi connectivity index (χ2v) is 9.57. The molecule has 0 bridgehead atoms. The van der Waals surface area contributed by atoms with Crippen molar-refractivity contribution in [2.75, 3.05) is 5.75 Å². The molecule has 1 aromatic heterocycles. The van der Waals surface area contributed by atoms with Gasteiger partial charge in [0.15, 0.2) is 9.84 Å². The van der Waals surface area contributed by atoms with E-state index in [0.29, 0.717) is 4.90 Å². The normalized spacial score (nSPS) is 16.4. The maximum atomic E-state index is 12.1. The Morgan fingerprint density at radius 2 is 1.95 bits per heavy atom. The van der Waals surface area contributed by atoms with Gasteiger partial charge in [0.1, 0.15) is 5.82 Å². The van der Waals surface area contributed by atoms with E-state index in [9.17, 15) is 8.42 Å². The van der Waals surface area contributed by atoms with Gasteiger partial charge in [0, 0.05) is 12.0 Å². The van der Waals surface area contributed by atoms with Crippen molar-refractivity contribution in [1.82, 2.24) is 9.55 Å². The molecule has 3 rings (SSSR count). The van der Waals surface area contributed by atoms with E-state index < -0.39 is 9.84 Å². The van der Waals surface area contributed by atoms with Crippen LogP contribution in [0.2, 0.25) is 0 Å². The maximum absolute atomic E-state index is 12.1. The number of fused-ring (bicyclic) bond motifs is 1. The fraction of sp³-hybridized carbons (Fsp3) is 0.588. The first-order valence-corrected chi connectivity index (χ1v) is 9.61. The number of sulfone groups is 1. The molecular weight excluding hydrogens is 296 g/mol. The number of nitrogens with zero attached hydrogens (tertiary/aromatic N) is 2. The standard InChI is InChI=1S/C17H24N2O2S/c1-5-22(20,21)13-8-9-15-14(10-13)18-16(17(2,3)4)19(15)11-12-6-7-12/h8-10,12H,5-7,11H2,1-4H3. The van der Waals surface area contributed by atoms with Crippen LogP contribution in [-0.4, -0.2) is 23.7 Å². The molecule has 120 valence electrons. The van der Waals surface area contributed by atoms with Gasteiger partial charge in [-0.25, -0.2) is 13.4 Å². The van der Waals surface area contributed by atoms with Gasteiger partial charge in [-0.1, -0.05) is 27.7 Å². The van der Waals surface area contributed by atoms with E-state index in [1.54, 1.807) is 19.1 Å². The second kappa shape index (κ2) is 5.08. The summed E-state index contributed by atoms with van der Waals surface area (Å²) >= 11 is 0. The summed E-state index contributed by atoms with van der Waals surface area (Å²) in [6.45, 7) is 9.12. The van der Waals surface area contributed by atoms with Gasteiger partial charge in [-0.05, 0) is 37.0 Å². The molecule has 0 spiro atoms. The lowest BCUT2D eigenvalue weighted by Gasteiger charge is -2.20. The van der Waals surface area contributed by atoms with Crippen LogP contribution in [0.3, 0.4) is 0 Å². The van der Waals surface area contributed by atoms with Crippen molar-refractivity contribution in [3.8, 4) is 0 Å². The van der Waals surface area contributed by atoms with E-state index in [2.05, 4.69) is 25.3 Å². The zero-order valence-electron chi connectivity index (χ0n) is 13.8. The summed E-state index contributed by atoms with van der Waals surface area (Å²) in [7, 11) is -3.19. The van der Waals surface area contributed by atoms with Crippen LogP contribution in [0, 0.1) is 5.92 Å². The first-order chi connectivity index (χ1) is 10.2. The summed E-state index contributed by atoms with van der Waals surface area (Å²) in [6.07, 6.45) is 2.57. The third-order valence-electron chi connectivity index (χ3n) is 4.27. The van der Waals surface area contributed by atoms with E-state index in [1.165, 1.54) is 12.8 Å². The summed E-state index contributed by atoms with van der Waals surface area (Å²) in [6, 6.07) is 5.37. The van der Waals surface area contributed by atoms with Gasteiger partial charge in [0.25, 0.3) is 0 Å². The molecule has 1 fully saturated rings. The first-order valence-electron chi connectivity index (χ1n) is 7.96. The van der Waals surface area contributed by atoms with Gasteiger partial charge in [-0.2, -0.15) is 0 Å². The van der Waals surface area contributed by atoms with Crippen LogP contribution in [0.4, 0.5) is 0 Å². The molecular formula is C17H24N2O2S. The van der Waals surface area contributed by atoms with Crippen LogP contribution in [-0.2, 0) is 21.8 Å². The minimum Gasteiger partial charge on any atom is -0.327 e. The Morgan fingerprint density at radius 1 is 1.27 bits per heavy atom. The highest BCUT2D eigenvalue weighted by Crippen LogP contribution is 2.35. The Bertz CT molecular complexity index is 809. The van der Waals surface area contributed by atoms with Gasteiger partial charge in [-0.15, -0.1) is 0 Å². The quantitative estimate of drug-likeness (QED) is 0.866. The van der Waals surface area contributed by atoms with Crippen molar-refractivity contribution in [1.29, 1.82) is 0 Å². The van der Waals surface area contributed by atoms with E-state index >= 15 is 0 Å². The highest BCUT2D eigenvalue weighted by Gasteiger charge is 2.28. The summed E-state index contributed by atoms with van der Waals surface area (Å²) in [5.74, 6) is 1.91. The van der Waals surface area contributed by atoms with E-state index in [0.717, 1.165) is 29.3 Å². The van der Waals surface area contributed by atoms with Crippen molar-refractivity contribution in [2.24, 2.45) is 5.92 Å². The summed E-state index contributed by atoms with van der Waals surface area (Å²) in [4.78, 5) is 5.15. The Kier molecular flexibility index (Phi) is 3.59. The molecule has 2 aromatic rings. The van der Waals surface area contributed by atoms with Crippen LogP contribution in [0.5, 0.6) is 0 Å². The van der Waals surface area contributed by atoms with Crippen molar-refractivity contribution in [3.63, 3.8) is 0 Å². The van der Waals surface area contributed by atoms with Crippen LogP contribution in [0.15, 0.2) is 23.1 Å². The first kappa shape index (κ1) is 15.5. The molecule has 1 heterocycles. The Hall–Kier alpha value is -1.36. The number of benzene rings is 1. The predicted molar refractivity (Wildman–Crippen MR) is 88.9 cm³/mol. The minimum atomic E-state index is -3.19. The van der Waals surface area contributed by atoms with Gasteiger partial charge < -0.3 is 4.57 Å². The van der Waals surface area contributed by atoms with Crippen molar-refractivity contribution >= 4 is 20.9 Å². The lowest BCUT2D eigenvalue weighted by molar-refractivity contribution is 0.491. The molecule has 0 atom stereocenters. The summed E-state index contributed by atoms with van der Waals surface area (Å²) in [5.41, 5.74) is 1.78. The highest BCUT2D eigenvalue weighted by molar-refractivity contribution is 7.91. The zero-order chi connectivity index (χ0) is 16.1. The van der Waals surface area contributed by atoms with Gasteiger partial charge in [0.2, 0.25) is 0 Å². The Labute approximate surface area is 132 Å². The fourth-order valence-corrected chi connectivity index (χ4v) is 3.69. The average Bonchev–Trinajstić information content (AvgIpc) is 3.18. The Balaban J connectivity index is 2.18. The van der Waals surface area contributed by atoms with E-state index in [4.69, 9.17) is 4.98 Å². The monoisotopic (exact) mass is 320 g/mol. The summed E-state index contributed by atoms with van der Waals surface area (Å²) < 4.78 is 26.5. The largest absolute Gasteiger partial charge is 0.327 e. The molecule has 22 heavy (non-hydrogen) atoms. The highest BCUT2D eigenvalue weighted by atomic mass is 32.2. The number of imidazole rings is 1. The van der Waals surface area contributed by atoms with Crippen LogP contribution in [0.1, 0.15) is 46.4 Å². The molecule has 0 saturated heterocycles. The molecule has 0 radical (unpaired) electrons. The van der Waals surface area contributed by atoms with Crippen molar-refractivity contribution in [3.05, 3.63) is 24.0 Å². The van der Waals surface area contributed by atoms with Gasteiger partial charge in [-0.3, -0.25) is 0 Å². The van der Waals surface area contributed by atoms with Gasteiger partial charge in [0.05, 0.1) is 21.7 Å². The molecule has 5 heteroatoms. The minimum absolute atomic E-state index is 0.0578. The Morgan fingerprint density at radius 3 is 2.50 bits per heavy atom. The molecule has 0 amide bonds. The predicted octanol–water partition coefficient (Wildman–Crippen LogP) is 3.54. The van der Waals surface area contributed by atoms with E-state index in [-0.39, 0.29) is 11.2 Å². The third-order valence-corrected chi connectivity index (χ3v) is 6.00. The van der Waals surface area contributed by atoms with Crippen molar-refractivity contribution in [2.45, 2.75) is 57.4 Å². The topological polar surface area (TPSA) is 52.0 Å². The molecule has 4 nitrogen and oxygen atoms in total. The average molecular weight is 320 g/mol. The van der Waals surface area contributed by atoms with Crippen LogP contribution in [0.25, 0.3) is 11.0 Å². The SMILES string of the molecule is CCS(=O)(=O)c1ccc2c(c1)nc(C(C)(C)C)n2CC1CC1.